The summed E-state index contributed by atoms with van der Waals surface area (Å²) in [5.74, 6) is 0. The highest BCUT2D eigenvalue weighted by Crippen LogP contribution is 2.15. The molecule has 2 aromatic rings. The van der Waals surface area contributed by atoms with Gasteiger partial charge in [-0.3, -0.25) is 0 Å². The van der Waals surface area contributed by atoms with Crippen LogP contribution in [-0.2, 0) is 5.33 Å². The number of hydrogen-bond acceptors (Lipinski definition) is 2. The zero-order valence-corrected chi connectivity index (χ0v) is 7.34. The van der Waals surface area contributed by atoms with Gasteiger partial charge in [0.1, 0.15) is 0 Å². The Bertz CT molecular complexity index is 369. The van der Waals surface area contributed by atoms with E-state index >= 15 is 0 Å². The van der Waals surface area contributed by atoms with Crippen molar-refractivity contribution in [2.75, 3.05) is 0 Å². The number of pyridine rings is 1. The molecule has 0 saturated carbocycles. The molecule has 0 N–H and O–H groups in total. The normalized spacial score (nSPS) is 10.6. The molecule has 0 aromatic carbocycles. The van der Waals surface area contributed by atoms with Gasteiger partial charge in [0.15, 0.2) is 0 Å². The Morgan fingerprint density at radius 2 is 2.45 bits per heavy atom. The van der Waals surface area contributed by atoms with Crippen LogP contribution in [-0.4, -0.2) is 4.98 Å². The minimum Gasteiger partial charge on any atom is -0.446 e. The third-order valence-electron chi connectivity index (χ3n) is 1.52. The number of nitrogens with zero attached hydrogens (tertiary/aromatic N) is 1. The van der Waals surface area contributed by atoms with E-state index in [2.05, 4.69) is 27.0 Å². The number of halogens is 1. The van der Waals surface area contributed by atoms with Gasteiger partial charge in [0, 0.05) is 16.9 Å². The Morgan fingerprint density at radius 3 is 3.27 bits per heavy atom. The van der Waals surface area contributed by atoms with Crippen molar-refractivity contribution in [2.24, 2.45) is 0 Å². The van der Waals surface area contributed by atoms with Gasteiger partial charge in [-0.15, -0.1) is 0 Å². The maximum absolute atomic E-state index is 5.09. The van der Waals surface area contributed by atoms with Crippen LogP contribution in [0.2, 0.25) is 0 Å². The standard InChI is InChI=1S/C8H6BrNO/c9-4-6-3-7-1-2-11-8(7)10-5-6/h1-3,5H,4H2. The van der Waals surface area contributed by atoms with Crippen LogP contribution in [0.4, 0.5) is 0 Å². The van der Waals surface area contributed by atoms with Crippen LogP contribution < -0.4 is 0 Å². The molecule has 0 saturated heterocycles. The van der Waals surface area contributed by atoms with E-state index in [0.717, 1.165) is 10.7 Å². The highest BCUT2D eigenvalue weighted by Gasteiger charge is 1.97. The highest BCUT2D eigenvalue weighted by atomic mass is 79.9. The van der Waals surface area contributed by atoms with Crippen molar-refractivity contribution in [3.63, 3.8) is 0 Å². The summed E-state index contributed by atoms with van der Waals surface area (Å²) in [5.41, 5.74) is 1.87. The number of hydrogen-bond donors (Lipinski definition) is 0. The minimum atomic E-state index is 0.703. The zero-order valence-electron chi connectivity index (χ0n) is 5.75. The number of furan rings is 1. The van der Waals surface area contributed by atoms with Crippen LogP contribution in [0.3, 0.4) is 0 Å². The van der Waals surface area contributed by atoms with E-state index in [1.165, 1.54) is 5.56 Å². The molecule has 0 aliphatic heterocycles. The Labute approximate surface area is 72.4 Å². The van der Waals surface area contributed by atoms with Gasteiger partial charge < -0.3 is 4.42 Å². The van der Waals surface area contributed by atoms with E-state index < -0.39 is 0 Å². The van der Waals surface area contributed by atoms with Crippen LogP contribution in [0.15, 0.2) is 29.0 Å². The van der Waals surface area contributed by atoms with E-state index in [1.807, 2.05) is 6.07 Å². The van der Waals surface area contributed by atoms with Crippen molar-refractivity contribution in [2.45, 2.75) is 5.33 Å². The Balaban J connectivity index is 2.67. The highest BCUT2D eigenvalue weighted by molar-refractivity contribution is 9.08. The Kier molecular flexibility index (Phi) is 1.66. The molecule has 0 aliphatic carbocycles. The molecule has 3 heteroatoms. The van der Waals surface area contributed by atoms with Gasteiger partial charge in [0.05, 0.1) is 6.26 Å². The lowest BCUT2D eigenvalue weighted by molar-refractivity contribution is 0.603. The maximum Gasteiger partial charge on any atom is 0.225 e. The molecule has 0 atom stereocenters. The molecule has 2 rings (SSSR count). The van der Waals surface area contributed by atoms with Gasteiger partial charge in [-0.1, -0.05) is 15.9 Å². The predicted molar refractivity (Wildman–Crippen MR) is 46.6 cm³/mol. The average Bonchev–Trinajstić information content (AvgIpc) is 2.50. The molecule has 0 bridgehead atoms. The molecule has 11 heavy (non-hydrogen) atoms. The minimum absolute atomic E-state index is 0.703. The van der Waals surface area contributed by atoms with Crippen molar-refractivity contribution < 1.29 is 4.42 Å². The quantitative estimate of drug-likeness (QED) is 0.679. The molecule has 2 heterocycles. The summed E-state index contributed by atoms with van der Waals surface area (Å²) in [7, 11) is 0. The Morgan fingerprint density at radius 1 is 1.55 bits per heavy atom. The van der Waals surface area contributed by atoms with Crippen LogP contribution in [0.5, 0.6) is 0 Å². The summed E-state index contributed by atoms with van der Waals surface area (Å²) in [6.45, 7) is 0. The molecular weight excluding hydrogens is 206 g/mol. The molecule has 2 nitrogen and oxygen atoms in total. The molecule has 0 fully saturated rings. The summed E-state index contributed by atoms with van der Waals surface area (Å²) in [6.07, 6.45) is 3.45. The lowest BCUT2D eigenvalue weighted by atomic mass is 10.2. The number of fused-ring (bicyclic) bond motifs is 1. The molecule has 0 amide bonds. The van der Waals surface area contributed by atoms with E-state index in [4.69, 9.17) is 4.42 Å². The van der Waals surface area contributed by atoms with Crippen molar-refractivity contribution in [1.29, 1.82) is 0 Å². The van der Waals surface area contributed by atoms with Crippen LogP contribution in [0.1, 0.15) is 5.56 Å². The zero-order chi connectivity index (χ0) is 7.68. The summed E-state index contributed by atoms with van der Waals surface area (Å²) in [5, 5.41) is 1.89. The molecule has 0 unspecified atom stereocenters. The predicted octanol–water partition coefficient (Wildman–Crippen LogP) is 2.72. The third-order valence-corrected chi connectivity index (χ3v) is 2.16. The smallest absolute Gasteiger partial charge is 0.225 e. The Hall–Kier alpha value is -0.830. The van der Waals surface area contributed by atoms with Crippen LogP contribution in [0, 0.1) is 0 Å². The monoisotopic (exact) mass is 211 g/mol. The van der Waals surface area contributed by atoms with Crippen molar-refractivity contribution in [1.82, 2.24) is 4.98 Å². The third kappa shape index (κ3) is 1.16. The van der Waals surface area contributed by atoms with Gasteiger partial charge in [-0.05, 0) is 17.7 Å². The van der Waals surface area contributed by atoms with E-state index in [0.29, 0.717) is 5.71 Å². The fraction of sp³-hybridized carbons (Fsp3) is 0.125. The first-order chi connectivity index (χ1) is 5.40. The van der Waals surface area contributed by atoms with Gasteiger partial charge in [-0.2, -0.15) is 0 Å². The first-order valence-electron chi connectivity index (χ1n) is 3.28. The number of alkyl halides is 1. The summed E-state index contributed by atoms with van der Waals surface area (Å²) >= 11 is 3.36. The molecule has 0 spiro atoms. The summed E-state index contributed by atoms with van der Waals surface area (Å²) in [4.78, 5) is 4.12. The number of aromatic nitrogens is 1. The second-order valence-electron chi connectivity index (χ2n) is 2.29. The first-order valence-corrected chi connectivity index (χ1v) is 4.40. The molecule has 56 valence electrons. The van der Waals surface area contributed by atoms with Gasteiger partial charge in [-0.25, -0.2) is 4.98 Å². The lowest BCUT2D eigenvalue weighted by Gasteiger charge is -1.91. The van der Waals surface area contributed by atoms with Crippen LogP contribution in [0.25, 0.3) is 11.1 Å². The van der Waals surface area contributed by atoms with Crippen molar-refractivity contribution in [3.8, 4) is 0 Å². The molecule has 2 aromatic heterocycles. The fourth-order valence-electron chi connectivity index (χ4n) is 0.978. The average molecular weight is 212 g/mol. The van der Waals surface area contributed by atoms with Crippen molar-refractivity contribution >= 4 is 27.0 Å². The van der Waals surface area contributed by atoms with Crippen molar-refractivity contribution in [3.05, 3.63) is 30.2 Å². The van der Waals surface area contributed by atoms with Gasteiger partial charge in [0.25, 0.3) is 0 Å². The van der Waals surface area contributed by atoms with E-state index in [9.17, 15) is 0 Å². The van der Waals surface area contributed by atoms with E-state index in [1.54, 1.807) is 12.5 Å². The lowest BCUT2D eigenvalue weighted by Crippen LogP contribution is -1.78. The first kappa shape index (κ1) is 6.85. The second-order valence-corrected chi connectivity index (χ2v) is 2.85. The summed E-state index contributed by atoms with van der Waals surface area (Å²) in [6, 6.07) is 3.97. The van der Waals surface area contributed by atoms with E-state index in [-0.39, 0.29) is 0 Å². The van der Waals surface area contributed by atoms with Gasteiger partial charge >= 0.3 is 0 Å². The van der Waals surface area contributed by atoms with Gasteiger partial charge in [0.2, 0.25) is 5.71 Å². The maximum atomic E-state index is 5.09. The summed E-state index contributed by atoms with van der Waals surface area (Å²) < 4.78 is 5.09. The fourth-order valence-corrected chi connectivity index (χ4v) is 1.28. The SMILES string of the molecule is BrCc1cnc2occc2c1. The molecular formula is C8H6BrNO. The second kappa shape index (κ2) is 2.66. The largest absolute Gasteiger partial charge is 0.446 e. The topological polar surface area (TPSA) is 26.0 Å². The van der Waals surface area contributed by atoms with Crippen LogP contribution >= 0.6 is 15.9 Å². The molecule has 0 radical (unpaired) electrons. The number of rotatable bonds is 1. The molecule has 0 aliphatic rings.